The monoisotopic (exact) mass is 526 g/mol. The Morgan fingerprint density at radius 2 is 1.65 bits per heavy atom. The summed E-state index contributed by atoms with van der Waals surface area (Å²) < 4.78 is 66.0. The Bertz CT molecular complexity index is 1080. The number of rotatable bonds is 10. The molecule has 0 saturated carbocycles. The number of benzene rings is 2. The fourth-order valence-corrected chi connectivity index (χ4v) is 3.82. The first kappa shape index (κ1) is 27.9. The van der Waals surface area contributed by atoms with Gasteiger partial charge in [-0.15, -0.1) is 0 Å². The molecule has 0 atom stereocenters. The lowest BCUT2D eigenvalue weighted by molar-refractivity contribution is -0.147. The van der Waals surface area contributed by atoms with Gasteiger partial charge in [0.05, 0.1) is 51.5 Å². The predicted octanol–water partition coefficient (Wildman–Crippen LogP) is 3.68. The van der Waals surface area contributed by atoms with E-state index in [0.717, 1.165) is 17.7 Å². The third kappa shape index (κ3) is 7.42. The number of nitrogens with one attached hydrogen (secondary N) is 1. The molecule has 9 nitrogen and oxygen atoms in total. The molecule has 12 heteroatoms. The Morgan fingerprint density at radius 1 is 1.00 bits per heavy atom. The molecule has 2 aromatic rings. The van der Waals surface area contributed by atoms with Gasteiger partial charge >= 0.3 is 12.1 Å². The molecule has 0 radical (unpaired) electrons. The van der Waals surface area contributed by atoms with Crippen LogP contribution in [-0.4, -0.2) is 66.1 Å². The maximum atomic E-state index is 13.3. The molecule has 0 spiro atoms. The number of hydrogen-bond donors (Lipinski definition) is 1. The lowest BCUT2D eigenvalue weighted by Gasteiger charge is -2.31. The quantitative estimate of drug-likeness (QED) is 0.469. The van der Waals surface area contributed by atoms with E-state index in [1.54, 1.807) is 12.1 Å². The highest BCUT2D eigenvalue weighted by Gasteiger charge is 2.32. The number of alkyl halides is 3. The number of amides is 1. The first-order chi connectivity index (χ1) is 17.7. The van der Waals surface area contributed by atoms with E-state index in [1.165, 1.54) is 27.4 Å². The number of aryl methyl sites for hydroxylation is 1. The zero-order chi connectivity index (χ0) is 27.0. The van der Waals surface area contributed by atoms with Gasteiger partial charge in [0.1, 0.15) is 0 Å². The Labute approximate surface area is 212 Å². The Hall–Kier alpha value is -3.67. The number of ether oxygens (including phenoxy) is 5. The van der Waals surface area contributed by atoms with Crippen molar-refractivity contribution in [2.24, 2.45) is 0 Å². The fourth-order valence-electron chi connectivity index (χ4n) is 3.82. The average molecular weight is 527 g/mol. The van der Waals surface area contributed by atoms with Gasteiger partial charge in [0.25, 0.3) is 5.91 Å². The molecule has 1 amide bonds. The number of anilines is 2. The van der Waals surface area contributed by atoms with Crippen LogP contribution in [0, 0.1) is 0 Å². The summed E-state index contributed by atoms with van der Waals surface area (Å²) in [6.07, 6.45) is -4.36. The first-order valence-electron chi connectivity index (χ1n) is 11.4. The number of halogens is 3. The third-order valence-electron chi connectivity index (χ3n) is 5.66. The largest absolute Gasteiger partial charge is 0.493 e. The van der Waals surface area contributed by atoms with Crippen molar-refractivity contribution >= 4 is 23.3 Å². The standard InChI is InChI=1S/C25H29F3N2O7/c1-33-20-12-16(13-21(34-2)24(20)35-3)4-7-23(32)37-15-22(31)29-18-14-17(25(26,27)28)5-6-19(18)30-8-10-36-11-9-30/h5-6,12-14H,4,7-11,15H2,1-3H3,(H,29,31). The molecule has 0 bridgehead atoms. The van der Waals surface area contributed by atoms with E-state index in [9.17, 15) is 22.8 Å². The van der Waals surface area contributed by atoms with E-state index < -0.39 is 30.2 Å². The average Bonchev–Trinajstić information content (AvgIpc) is 2.89. The zero-order valence-electron chi connectivity index (χ0n) is 20.8. The van der Waals surface area contributed by atoms with Crippen LogP contribution >= 0.6 is 0 Å². The summed E-state index contributed by atoms with van der Waals surface area (Å²) in [4.78, 5) is 26.5. The lowest BCUT2D eigenvalue weighted by atomic mass is 10.1. The van der Waals surface area contributed by atoms with Crippen LogP contribution < -0.4 is 24.4 Å². The van der Waals surface area contributed by atoms with Crippen LogP contribution in [0.2, 0.25) is 0 Å². The van der Waals surface area contributed by atoms with Crippen LogP contribution in [0.3, 0.4) is 0 Å². The van der Waals surface area contributed by atoms with Crippen molar-refractivity contribution in [3.8, 4) is 17.2 Å². The predicted molar refractivity (Wildman–Crippen MR) is 128 cm³/mol. The molecule has 1 aliphatic rings. The summed E-state index contributed by atoms with van der Waals surface area (Å²) >= 11 is 0. The van der Waals surface area contributed by atoms with Crippen LogP contribution in [0.15, 0.2) is 30.3 Å². The minimum Gasteiger partial charge on any atom is -0.493 e. The van der Waals surface area contributed by atoms with Gasteiger partial charge in [0.2, 0.25) is 5.75 Å². The van der Waals surface area contributed by atoms with Crippen LogP contribution in [0.5, 0.6) is 17.2 Å². The van der Waals surface area contributed by atoms with E-state index in [-0.39, 0.29) is 18.5 Å². The summed E-state index contributed by atoms with van der Waals surface area (Å²) in [5, 5.41) is 2.45. The summed E-state index contributed by atoms with van der Waals surface area (Å²) in [6.45, 7) is 1.11. The number of esters is 1. The SMILES string of the molecule is COc1cc(CCC(=O)OCC(=O)Nc2cc(C(F)(F)F)ccc2N2CCOCC2)cc(OC)c1OC. The maximum absolute atomic E-state index is 13.3. The molecule has 0 aliphatic carbocycles. The number of nitrogens with zero attached hydrogens (tertiary/aromatic N) is 1. The van der Waals surface area contributed by atoms with Crippen molar-refractivity contribution in [3.05, 3.63) is 41.5 Å². The second-order valence-electron chi connectivity index (χ2n) is 8.07. The molecule has 1 N–H and O–H groups in total. The highest BCUT2D eigenvalue weighted by atomic mass is 19.4. The second-order valence-corrected chi connectivity index (χ2v) is 8.07. The van der Waals surface area contributed by atoms with E-state index in [1.807, 2.05) is 4.90 Å². The van der Waals surface area contributed by atoms with Gasteiger partial charge in [-0.1, -0.05) is 0 Å². The van der Waals surface area contributed by atoms with E-state index in [0.29, 0.717) is 49.2 Å². The summed E-state index contributed by atoms with van der Waals surface area (Å²) in [5.41, 5.74) is 0.228. The van der Waals surface area contributed by atoms with Crippen LogP contribution in [0.25, 0.3) is 0 Å². The molecule has 3 rings (SSSR count). The van der Waals surface area contributed by atoms with E-state index in [2.05, 4.69) is 5.32 Å². The second kappa shape index (κ2) is 12.5. The van der Waals surface area contributed by atoms with Gasteiger partial charge in [-0.25, -0.2) is 0 Å². The minimum absolute atomic E-state index is 0.0183. The van der Waals surface area contributed by atoms with Crippen LogP contribution in [0.1, 0.15) is 17.5 Å². The van der Waals surface area contributed by atoms with E-state index >= 15 is 0 Å². The third-order valence-corrected chi connectivity index (χ3v) is 5.66. The van der Waals surface area contributed by atoms with Gasteiger partial charge in [0, 0.05) is 19.5 Å². The molecule has 0 aromatic heterocycles. The van der Waals surface area contributed by atoms with Gasteiger partial charge in [-0.3, -0.25) is 9.59 Å². The number of carbonyl (C=O) groups excluding carboxylic acids is 2. The molecule has 0 unspecified atom stereocenters. The van der Waals surface area contributed by atoms with Gasteiger partial charge in [-0.05, 0) is 42.3 Å². The highest BCUT2D eigenvalue weighted by molar-refractivity contribution is 5.96. The van der Waals surface area contributed by atoms with Crippen LogP contribution in [-0.2, 0) is 31.7 Å². The Kier molecular flexibility index (Phi) is 9.45. The van der Waals surface area contributed by atoms with Gasteiger partial charge in [-0.2, -0.15) is 13.2 Å². The molecule has 2 aromatic carbocycles. The molecule has 37 heavy (non-hydrogen) atoms. The van der Waals surface area contributed by atoms with Crippen molar-refractivity contribution in [3.63, 3.8) is 0 Å². The zero-order valence-corrected chi connectivity index (χ0v) is 20.8. The highest BCUT2D eigenvalue weighted by Crippen LogP contribution is 2.38. The van der Waals surface area contributed by atoms with Gasteiger partial charge in [0.15, 0.2) is 18.1 Å². The van der Waals surface area contributed by atoms with Crippen molar-refractivity contribution in [1.82, 2.24) is 0 Å². The number of morpholine rings is 1. The molecule has 1 fully saturated rings. The maximum Gasteiger partial charge on any atom is 0.416 e. The first-order valence-corrected chi connectivity index (χ1v) is 11.4. The van der Waals surface area contributed by atoms with E-state index in [4.69, 9.17) is 23.7 Å². The molecule has 202 valence electrons. The van der Waals surface area contributed by atoms with Crippen molar-refractivity contribution in [1.29, 1.82) is 0 Å². The summed E-state index contributed by atoms with van der Waals surface area (Å²) in [6, 6.07) is 6.54. The number of methoxy groups -OCH3 is 3. The molecule has 1 aliphatic heterocycles. The number of carbonyl (C=O) groups is 2. The molecule has 1 saturated heterocycles. The molecular weight excluding hydrogens is 497 g/mol. The van der Waals surface area contributed by atoms with Crippen molar-refractivity contribution in [2.75, 3.05) is 64.5 Å². The fraction of sp³-hybridized carbons (Fsp3) is 0.440. The number of hydrogen-bond acceptors (Lipinski definition) is 8. The van der Waals surface area contributed by atoms with Crippen molar-refractivity contribution in [2.45, 2.75) is 19.0 Å². The summed E-state index contributed by atoms with van der Waals surface area (Å²) in [7, 11) is 4.43. The molecule has 1 heterocycles. The Balaban J connectivity index is 1.61. The lowest BCUT2D eigenvalue weighted by Crippen LogP contribution is -2.37. The van der Waals surface area contributed by atoms with Gasteiger partial charge < -0.3 is 33.9 Å². The van der Waals surface area contributed by atoms with Crippen molar-refractivity contribution < 1.29 is 46.4 Å². The molecular formula is C25H29F3N2O7. The van der Waals surface area contributed by atoms with Crippen LogP contribution in [0.4, 0.5) is 24.5 Å². The minimum atomic E-state index is -4.58. The topological polar surface area (TPSA) is 95.6 Å². The smallest absolute Gasteiger partial charge is 0.416 e. The summed E-state index contributed by atoms with van der Waals surface area (Å²) in [5.74, 6) is -0.126. The Morgan fingerprint density at radius 3 is 2.22 bits per heavy atom. The normalized spacial score (nSPS) is 13.6.